The maximum atomic E-state index is 13.1. The first-order valence-electron chi connectivity index (χ1n) is 12.4. The monoisotopic (exact) mass is 537 g/mol. The molecule has 0 spiro atoms. The number of benzene rings is 1. The molecule has 36 heavy (non-hydrogen) atoms. The molecule has 0 radical (unpaired) electrons. The summed E-state index contributed by atoms with van der Waals surface area (Å²) in [6, 6.07) is 6.15. The standard InChI is InChI=1S/C26H43N3O5SSi/c1-20(28-35(31,32)23-12-11-22-18-27-14-13-21(22)17-23)19-29(24(30)34-25(2,3)4)15-10-16-33-36(8,9)26(5,6)7/h11-14,17-18,20,28H,10,15-16,19H2,1-9H3/t20-/m0/s1. The largest absolute Gasteiger partial charge is 0.444 e. The van der Waals surface area contributed by atoms with Crippen molar-refractivity contribution in [2.75, 3.05) is 19.7 Å². The van der Waals surface area contributed by atoms with Crippen molar-refractivity contribution in [3.63, 3.8) is 0 Å². The van der Waals surface area contributed by atoms with Gasteiger partial charge in [-0.25, -0.2) is 17.9 Å². The van der Waals surface area contributed by atoms with Gasteiger partial charge in [0.2, 0.25) is 10.0 Å². The molecule has 0 aliphatic carbocycles. The van der Waals surface area contributed by atoms with E-state index in [-0.39, 0.29) is 16.5 Å². The first-order valence-corrected chi connectivity index (χ1v) is 16.8. The Morgan fingerprint density at radius 1 is 1.11 bits per heavy atom. The number of amides is 1. The third-order valence-electron chi connectivity index (χ3n) is 6.27. The predicted octanol–water partition coefficient (Wildman–Crippen LogP) is 5.55. The number of rotatable bonds is 10. The number of aromatic nitrogens is 1. The lowest BCUT2D eigenvalue weighted by molar-refractivity contribution is 0.0230. The molecule has 202 valence electrons. The van der Waals surface area contributed by atoms with Crippen LogP contribution >= 0.6 is 0 Å². The van der Waals surface area contributed by atoms with Gasteiger partial charge in [-0.15, -0.1) is 0 Å². The minimum absolute atomic E-state index is 0.101. The fourth-order valence-electron chi connectivity index (χ4n) is 3.31. The molecule has 1 heterocycles. The molecule has 2 aromatic rings. The molecular formula is C26H43N3O5SSi. The molecule has 0 bridgehead atoms. The minimum atomic E-state index is -3.79. The van der Waals surface area contributed by atoms with Crippen LogP contribution in [0.2, 0.25) is 18.1 Å². The third-order valence-corrected chi connectivity index (χ3v) is 12.4. The van der Waals surface area contributed by atoms with E-state index in [2.05, 4.69) is 43.6 Å². The number of nitrogens with one attached hydrogen (secondary N) is 1. The number of sulfonamides is 1. The van der Waals surface area contributed by atoms with Crippen LogP contribution in [0, 0.1) is 0 Å². The van der Waals surface area contributed by atoms with Crippen LogP contribution in [0.3, 0.4) is 0 Å². The van der Waals surface area contributed by atoms with Crippen LogP contribution in [0.4, 0.5) is 4.79 Å². The summed E-state index contributed by atoms with van der Waals surface area (Å²) in [6.07, 6.45) is 3.47. The van der Waals surface area contributed by atoms with Gasteiger partial charge in [0.1, 0.15) is 5.60 Å². The fourth-order valence-corrected chi connectivity index (χ4v) is 5.67. The summed E-state index contributed by atoms with van der Waals surface area (Å²) in [6.45, 7) is 19.2. The molecule has 0 saturated carbocycles. The molecule has 10 heteroatoms. The number of carbonyl (C=O) groups excluding carboxylic acids is 1. The highest BCUT2D eigenvalue weighted by Crippen LogP contribution is 2.36. The van der Waals surface area contributed by atoms with Gasteiger partial charge in [0.05, 0.1) is 4.90 Å². The number of hydrogen-bond donors (Lipinski definition) is 1. The number of ether oxygens (including phenoxy) is 1. The lowest BCUT2D eigenvalue weighted by Crippen LogP contribution is -2.46. The zero-order chi connectivity index (χ0) is 27.4. The Morgan fingerprint density at radius 3 is 2.39 bits per heavy atom. The van der Waals surface area contributed by atoms with Crippen molar-refractivity contribution in [2.45, 2.75) is 89.6 Å². The lowest BCUT2D eigenvalue weighted by Gasteiger charge is -2.36. The second-order valence-electron chi connectivity index (χ2n) is 11.8. The van der Waals surface area contributed by atoms with Crippen molar-refractivity contribution in [3.05, 3.63) is 36.7 Å². The second kappa shape index (κ2) is 11.6. The Hall–Kier alpha value is -2.01. The molecule has 1 atom stereocenters. The van der Waals surface area contributed by atoms with Crippen LogP contribution in [0.25, 0.3) is 10.8 Å². The van der Waals surface area contributed by atoms with Gasteiger partial charge in [0, 0.05) is 43.5 Å². The van der Waals surface area contributed by atoms with E-state index in [1.54, 1.807) is 48.5 Å². The normalized spacial score (nSPS) is 14.0. The highest BCUT2D eigenvalue weighted by atomic mass is 32.2. The topological polar surface area (TPSA) is 97.8 Å². The van der Waals surface area contributed by atoms with E-state index in [4.69, 9.17) is 9.16 Å². The Kier molecular flexibility index (Phi) is 9.72. The number of carbonyl (C=O) groups is 1. The van der Waals surface area contributed by atoms with E-state index in [0.29, 0.717) is 19.6 Å². The molecule has 0 unspecified atom stereocenters. The summed E-state index contributed by atoms with van der Waals surface area (Å²) in [5.74, 6) is 0. The van der Waals surface area contributed by atoms with Gasteiger partial charge in [-0.2, -0.15) is 0 Å². The SMILES string of the molecule is C[C@@H](CN(CCCO[Si](C)(C)C(C)(C)C)C(=O)OC(C)(C)C)NS(=O)(=O)c1ccc2cnccc2c1. The van der Waals surface area contributed by atoms with Crippen LogP contribution in [0.5, 0.6) is 0 Å². The van der Waals surface area contributed by atoms with Crippen molar-refractivity contribution in [1.82, 2.24) is 14.6 Å². The molecule has 2 rings (SSSR count). The fraction of sp³-hybridized carbons (Fsp3) is 0.615. The van der Waals surface area contributed by atoms with Crippen molar-refractivity contribution in [2.24, 2.45) is 0 Å². The summed E-state index contributed by atoms with van der Waals surface area (Å²) in [7, 11) is -5.68. The smallest absolute Gasteiger partial charge is 0.410 e. The van der Waals surface area contributed by atoms with Crippen molar-refractivity contribution < 1.29 is 22.4 Å². The summed E-state index contributed by atoms with van der Waals surface area (Å²) >= 11 is 0. The van der Waals surface area contributed by atoms with E-state index in [1.165, 1.54) is 0 Å². The molecule has 1 N–H and O–H groups in total. The van der Waals surface area contributed by atoms with Crippen LogP contribution < -0.4 is 4.72 Å². The first kappa shape index (κ1) is 30.2. The summed E-state index contributed by atoms with van der Waals surface area (Å²) in [4.78, 5) is 18.7. The lowest BCUT2D eigenvalue weighted by atomic mass is 10.2. The molecule has 8 nitrogen and oxygen atoms in total. The van der Waals surface area contributed by atoms with Crippen LogP contribution in [0.15, 0.2) is 41.6 Å². The Labute approximate surface area is 218 Å². The molecule has 1 aromatic heterocycles. The van der Waals surface area contributed by atoms with Gasteiger partial charge in [-0.1, -0.05) is 26.8 Å². The molecule has 0 aliphatic rings. The van der Waals surface area contributed by atoms with Crippen molar-refractivity contribution in [1.29, 1.82) is 0 Å². The third kappa shape index (κ3) is 8.83. The molecule has 0 saturated heterocycles. The van der Waals surface area contributed by atoms with Gasteiger partial charge in [-0.3, -0.25) is 4.98 Å². The quantitative estimate of drug-likeness (QED) is 0.315. The van der Waals surface area contributed by atoms with Crippen molar-refractivity contribution >= 4 is 35.2 Å². The van der Waals surface area contributed by atoms with Gasteiger partial charge in [0.15, 0.2) is 8.32 Å². The van der Waals surface area contributed by atoms with Crippen LogP contribution in [0.1, 0.15) is 54.9 Å². The average Bonchev–Trinajstić information content (AvgIpc) is 2.73. The molecule has 1 aromatic carbocycles. The van der Waals surface area contributed by atoms with Gasteiger partial charge in [-0.05, 0) is 75.8 Å². The summed E-state index contributed by atoms with van der Waals surface area (Å²) in [5.41, 5.74) is -0.657. The highest BCUT2D eigenvalue weighted by Gasteiger charge is 2.37. The highest BCUT2D eigenvalue weighted by molar-refractivity contribution is 7.89. The Balaban J connectivity index is 2.08. The molecule has 0 fully saturated rings. The molecular weight excluding hydrogens is 494 g/mol. The van der Waals surface area contributed by atoms with Crippen LogP contribution in [-0.2, 0) is 19.2 Å². The van der Waals surface area contributed by atoms with E-state index < -0.39 is 36.1 Å². The van der Waals surface area contributed by atoms with Crippen LogP contribution in [-0.4, -0.2) is 64.1 Å². The Morgan fingerprint density at radius 2 is 1.78 bits per heavy atom. The predicted molar refractivity (Wildman–Crippen MR) is 147 cm³/mol. The van der Waals surface area contributed by atoms with Gasteiger partial charge < -0.3 is 14.1 Å². The Bertz CT molecular complexity index is 1140. The summed E-state index contributed by atoms with van der Waals surface area (Å²) < 4.78 is 40.6. The zero-order valence-corrected chi connectivity index (χ0v) is 25.0. The van der Waals surface area contributed by atoms with E-state index >= 15 is 0 Å². The molecule has 0 aliphatic heterocycles. The number of pyridine rings is 1. The minimum Gasteiger partial charge on any atom is -0.444 e. The average molecular weight is 538 g/mol. The maximum Gasteiger partial charge on any atom is 0.410 e. The number of hydrogen-bond acceptors (Lipinski definition) is 6. The van der Waals surface area contributed by atoms with Gasteiger partial charge in [0.25, 0.3) is 0 Å². The number of nitrogens with zero attached hydrogens (tertiary/aromatic N) is 2. The van der Waals surface area contributed by atoms with E-state index in [1.807, 2.05) is 20.8 Å². The number of fused-ring (bicyclic) bond motifs is 1. The van der Waals surface area contributed by atoms with Gasteiger partial charge >= 0.3 is 6.09 Å². The summed E-state index contributed by atoms with van der Waals surface area (Å²) in [5, 5.41) is 1.75. The maximum absolute atomic E-state index is 13.1. The molecule has 1 amide bonds. The van der Waals surface area contributed by atoms with Crippen molar-refractivity contribution in [3.8, 4) is 0 Å². The zero-order valence-electron chi connectivity index (χ0n) is 23.2. The first-order chi connectivity index (χ1) is 16.4. The van der Waals surface area contributed by atoms with E-state index in [9.17, 15) is 13.2 Å². The second-order valence-corrected chi connectivity index (χ2v) is 18.3. The van der Waals surface area contributed by atoms with E-state index in [0.717, 1.165) is 10.8 Å².